The highest BCUT2D eigenvalue weighted by molar-refractivity contribution is 5.50. The molecule has 0 aliphatic carbocycles. The highest BCUT2D eigenvalue weighted by atomic mass is 15.0. The lowest BCUT2D eigenvalue weighted by Gasteiger charge is -2.04. The number of hydrogen-bond donors (Lipinski definition) is 1. The highest BCUT2D eigenvalue weighted by Gasteiger charge is 2.05. The standard InChI is InChI=1S/C13H19N3/c1-4-7-14-11-5-6-13-15-12(10(2)3)9-16(13)8-11/h5-6,8-10,14H,4,7H2,1-3H3. The summed E-state index contributed by atoms with van der Waals surface area (Å²) >= 11 is 0. The van der Waals surface area contributed by atoms with Gasteiger partial charge in [0, 0.05) is 18.9 Å². The topological polar surface area (TPSA) is 29.3 Å². The van der Waals surface area contributed by atoms with Crippen molar-refractivity contribution < 1.29 is 0 Å². The van der Waals surface area contributed by atoms with E-state index in [1.165, 1.54) is 0 Å². The van der Waals surface area contributed by atoms with Crippen LogP contribution in [0.5, 0.6) is 0 Å². The maximum Gasteiger partial charge on any atom is 0.137 e. The summed E-state index contributed by atoms with van der Waals surface area (Å²) in [5, 5.41) is 3.38. The molecule has 86 valence electrons. The van der Waals surface area contributed by atoms with E-state index >= 15 is 0 Å². The third-order valence-electron chi connectivity index (χ3n) is 2.64. The zero-order valence-electron chi connectivity index (χ0n) is 10.2. The lowest BCUT2D eigenvalue weighted by molar-refractivity contribution is 0.834. The molecule has 2 heterocycles. The third-order valence-corrected chi connectivity index (χ3v) is 2.64. The fourth-order valence-electron chi connectivity index (χ4n) is 1.66. The van der Waals surface area contributed by atoms with Gasteiger partial charge in [0.1, 0.15) is 5.65 Å². The van der Waals surface area contributed by atoms with E-state index in [0.29, 0.717) is 5.92 Å². The molecule has 0 amide bonds. The van der Waals surface area contributed by atoms with Gasteiger partial charge in [0.25, 0.3) is 0 Å². The van der Waals surface area contributed by atoms with Crippen molar-refractivity contribution in [3.8, 4) is 0 Å². The number of nitrogens with zero attached hydrogens (tertiary/aromatic N) is 2. The first-order chi connectivity index (χ1) is 7.70. The zero-order valence-corrected chi connectivity index (χ0v) is 10.2. The SMILES string of the molecule is CCCNc1ccc2nc(C(C)C)cn2c1. The van der Waals surface area contributed by atoms with E-state index in [2.05, 4.69) is 60.0 Å². The van der Waals surface area contributed by atoms with Gasteiger partial charge in [-0.2, -0.15) is 0 Å². The number of imidazole rings is 1. The van der Waals surface area contributed by atoms with Gasteiger partial charge >= 0.3 is 0 Å². The van der Waals surface area contributed by atoms with Gasteiger partial charge in [0.15, 0.2) is 0 Å². The lowest BCUT2D eigenvalue weighted by atomic mass is 10.2. The Morgan fingerprint density at radius 1 is 1.31 bits per heavy atom. The van der Waals surface area contributed by atoms with Crippen molar-refractivity contribution in [3.05, 3.63) is 30.2 Å². The number of rotatable bonds is 4. The first-order valence-corrected chi connectivity index (χ1v) is 5.93. The van der Waals surface area contributed by atoms with Crippen LogP contribution >= 0.6 is 0 Å². The molecule has 0 saturated carbocycles. The Labute approximate surface area is 96.5 Å². The maximum atomic E-state index is 4.57. The molecule has 0 radical (unpaired) electrons. The molecule has 0 saturated heterocycles. The summed E-state index contributed by atoms with van der Waals surface area (Å²) in [5.74, 6) is 0.479. The Kier molecular flexibility index (Phi) is 3.13. The van der Waals surface area contributed by atoms with E-state index in [4.69, 9.17) is 0 Å². The molecule has 0 unspecified atom stereocenters. The van der Waals surface area contributed by atoms with E-state index in [1.54, 1.807) is 0 Å². The Morgan fingerprint density at radius 3 is 2.81 bits per heavy atom. The van der Waals surface area contributed by atoms with Crippen LogP contribution in [0.3, 0.4) is 0 Å². The van der Waals surface area contributed by atoms with Crippen molar-refractivity contribution in [2.45, 2.75) is 33.1 Å². The van der Waals surface area contributed by atoms with Crippen LogP contribution in [0.25, 0.3) is 5.65 Å². The predicted molar refractivity (Wildman–Crippen MR) is 68.1 cm³/mol. The minimum atomic E-state index is 0.479. The maximum absolute atomic E-state index is 4.57. The van der Waals surface area contributed by atoms with Gasteiger partial charge in [-0.25, -0.2) is 4.98 Å². The summed E-state index contributed by atoms with van der Waals surface area (Å²) in [4.78, 5) is 4.57. The van der Waals surface area contributed by atoms with Gasteiger partial charge in [-0.05, 0) is 24.5 Å². The van der Waals surface area contributed by atoms with Crippen molar-refractivity contribution in [3.63, 3.8) is 0 Å². The van der Waals surface area contributed by atoms with Crippen LogP contribution in [-0.4, -0.2) is 15.9 Å². The number of pyridine rings is 1. The number of aromatic nitrogens is 2. The molecule has 0 fully saturated rings. The lowest BCUT2D eigenvalue weighted by Crippen LogP contribution is -2.00. The normalized spacial score (nSPS) is 11.2. The molecule has 2 aromatic heterocycles. The highest BCUT2D eigenvalue weighted by Crippen LogP contribution is 2.16. The molecule has 0 atom stereocenters. The number of nitrogens with one attached hydrogen (secondary N) is 1. The Bertz CT molecular complexity index is 471. The van der Waals surface area contributed by atoms with Crippen molar-refractivity contribution in [1.29, 1.82) is 0 Å². The van der Waals surface area contributed by atoms with Crippen molar-refractivity contribution in [1.82, 2.24) is 9.38 Å². The van der Waals surface area contributed by atoms with Crippen LogP contribution in [0.1, 0.15) is 38.8 Å². The minimum Gasteiger partial charge on any atom is -0.384 e. The summed E-state index contributed by atoms with van der Waals surface area (Å²) in [5.41, 5.74) is 3.32. The molecule has 3 heteroatoms. The Morgan fingerprint density at radius 2 is 2.12 bits per heavy atom. The molecule has 2 rings (SSSR count). The summed E-state index contributed by atoms with van der Waals surface area (Å²) in [7, 11) is 0. The monoisotopic (exact) mass is 217 g/mol. The zero-order chi connectivity index (χ0) is 11.5. The fraction of sp³-hybridized carbons (Fsp3) is 0.462. The van der Waals surface area contributed by atoms with E-state index in [1.807, 2.05) is 0 Å². The molecule has 3 nitrogen and oxygen atoms in total. The second-order valence-electron chi connectivity index (χ2n) is 4.43. The van der Waals surface area contributed by atoms with Crippen molar-refractivity contribution in [2.75, 3.05) is 11.9 Å². The van der Waals surface area contributed by atoms with Crippen LogP contribution in [0, 0.1) is 0 Å². The summed E-state index contributed by atoms with van der Waals surface area (Å²) < 4.78 is 2.09. The molecule has 16 heavy (non-hydrogen) atoms. The number of anilines is 1. The largest absolute Gasteiger partial charge is 0.384 e. The average molecular weight is 217 g/mol. The molecule has 0 aliphatic rings. The van der Waals surface area contributed by atoms with Gasteiger partial charge in [0.2, 0.25) is 0 Å². The van der Waals surface area contributed by atoms with E-state index in [-0.39, 0.29) is 0 Å². The van der Waals surface area contributed by atoms with Gasteiger partial charge in [0.05, 0.1) is 11.4 Å². The van der Waals surface area contributed by atoms with Crippen molar-refractivity contribution in [2.24, 2.45) is 0 Å². The van der Waals surface area contributed by atoms with Crippen LogP contribution in [0.4, 0.5) is 5.69 Å². The van der Waals surface area contributed by atoms with Crippen LogP contribution in [0.15, 0.2) is 24.5 Å². The average Bonchev–Trinajstić information content (AvgIpc) is 2.69. The van der Waals surface area contributed by atoms with Crippen molar-refractivity contribution >= 4 is 11.3 Å². The predicted octanol–water partition coefficient (Wildman–Crippen LogP) is 3.28. The fourth-order valence-corrected chi connectivity index (χ4v) is 1.66. The molecular weight excluding hydrogens is 198 g/mol. The van der Waals surface area contributed by atoms with E-state index < -0.39 is 0 Å². The van der Waals surface area contributed by atoms with E-state index in [9.17, 15) is 0 Å². The van der Waals surface area contributed by atoms with Crippen LogP contribution in [0.2, 0.25) is 0 Å². The van der Waals surface area contributed by atoms with Gasteiger partial charge in [-0.15, -0.1) is 0 Å². The second-order valence-corrected chi connectivity index (χ2v) is 4.43. The van der Waals surface area contributed by atoms with Gasteiger partial charge < -0.3 is 9.72 Å². The first-order valence-electron chi connectivity index (χ1n) is 5.93. The van der Waals surface area contributed by atoms with Crippen LogP contribution in [-0.2, 0) is 0 Å². The van der Waals surface area contributed by atoms with Gasteiger partial charge in [-0.1, -0.05) is 20.8 Å². The quantitative estimate of drug-likeness (QED) is 0.851. The Balaban J connectivity index is 2.30. The minimum absolute atomic E-state index is 0.479. The van der Waals surface area contributed by atoms with Crippen LogP contribution < -0.4 is 5.32 Å². The molecule has 0 spiro atoms. The molecule has 0 bridgehead atoms. The summed E-state index contributed by atoms with van der Waals surface area (Å²) in [6, 6.07) is 4.14. The summed E-state index contributed by atoms with van der Waals surface area (Å²) in [6.07, 6.45) is 5.35. The molecule has 1 N–H and O–H groups in total. The molecule has 0 aromatic carbocycles. The number of hydrogen-bond acceptors (Lipinski definition) is 2. The Hall–Kier alpha value is -1.51. The summed E-state index contributed by atoms with van der Waals surface area (Å²) in [6.45, 7) is 7.51. The third kappa shape index (κ3) is 2.18. The first kappa shape index (κ1) is 11.0. The van der Waals surface area contributed by atoms with Gasteiger partial charge in [-0.3, -0.25) is 0 Å². The van der Waals surface area contributed by atoms with E-state index in [0.717, 1.165) is 30.0 Å². The molecular formula is C13H19N3. The number of fused-ring (bicyclic) bond motifs is 1. The second kappa shape index (κ2) is 4.56. The molecule has 2 aromatic rings. The smallest absolute Gasteiger partial charge is 0.137 e. The molecule has 0 aliphatic heterocycles.